The molecule has 3 atom stereocenters. The maximum atomic E-state index is 13.3. The van der Waals surface area contributed by atoms with Gasteiger partial charge in [0.15, 0.2) is 6.10 Å². The monoisotopic (exact) mass is 415 g/mol. The van der Waals surface area contributed by atoms with Crippen molar-refractivity contribution in [2.75, 3.05) is 6.54 Å². The van der Waals surface area contributed by atoms with Crippen LogP contribution in [0.1, 0.15) is 57.4 Å². The molecule has 30 heavy (non-hydrogen) atoms. The molecule has 0 bridgehead atoms. The molecule has 2 aliphatic rings. The summed E-state index contributed by atoms with van der Waals surface area (Å²) >= 11 is 0. The number of amides is 3. The van der Waals surface area contributed by atoms with Gasteiger partial charge in [0, 0.05) is 25.9 Å². The van der Waals surface area contributed by atoms with Gasteiger partial charge in [-0.15, -0.1) is 0 Å². The summed E-state index contributed by atoms with van der Waals surface area (Å²) in [5, 5.41) is 16.4. The lowest BCUT2D eigenvalue weighted by molar-refractivity contribution is -0.142. The Labute approximate surface area is 178 Å². The number of carbonyl (C=O) groups excluding carboxylic acids is 3. The van der Waals surface area contributed by atoms with Crippen LogP contribution in [-0.2, 0) is 20.8 Å². The zero-order valence-electron chi connectivity index (χ0n) is 17.7. The molecule has 0 radical (unpaired) electrons. The van der Waals surface area contributed by atoms with E-state index in [1.807, 2.05) is 30.3 Å². The summed E-state index contributed by atoms with van der Waals surface area (Å²) < 4.78 is 0. The minimum absolute atomic E-state index is 0.108. The topological polar surface area (TPSA) is 98.7 Å². The van der Waals surface area contributed by atoms with Crippen LogP contribution in [0.25, 0.3) is 0 Å². The second-order valence-corrected chi connectivity index (χ2v) is 8.47. The van der Waals surface area contributed by atoms with Crippen molar-refractivity contribution in [2.24, 2.45) is 0 Å². The summed E-state index contributed by atoms with van der Waals surface area (Å²) in [5.74, 6) is -0.928. The van der Waals surface area contributed by atoms with Crippen molar-refractivity contribution in [1.82, 2.24) is 15.5 Å². The van der Waals surface area contributed by atoms with Crippen molar-refractivity contribution < 1.29 is 19.5 Å². The molecule has 1 aromatic carbocycles. The predicted molar refractivity (Wildman–Crippen MR) is 114 cm³/mol. The Morgan fingerprint density at radius 2 is 1.77 bits per heavy atom. The van der Waals surface area contributed by atoms with E-state index in [1.54, 1.807) is 4.90 Å². The second kappa shape index (κ2) is 10.6. The lowest BCUT2D eigenvalue weighted by atomic mass is 9.95. The van der Waals surface area contributed by atoms with Gasteiger partial charge in [0.05, 0.1) is 6.04 Å². The average Bonchev–Trinajstić information content (AvgIpc) is 3.23. The zero-order chi connectivity index (χ0) is 21.5. The molecular formula is C23H33N3O4. The van der Waals surface area contributed by atoms with Gasteiger partial charge < -0.3 is 20.6 Å². The van der Waals surface area contributed by atoms with Gasteiger partial charge >= 0.3 is 0 Å². The minimum atomic E-state index is -1.26. The van der Waals surface area contributed by atoms with Crippen LogP contribution in [0.15, 0.2) is 30.3 Å². The highest BCUT2D eigenvalue weighted by Gasteiger charge is 2.40. The molecule has 0 spiro atoms. The van der Waals surface area contributed by atoms with Gasteiger partial charge in [-0.05, 0) is 31.2 Å². The SMILES string of the molecule is CC(=O)N[C@@H](Cc1ccccc1)C(=O)N1CCCC1C(O)C(=O)NC1CCCCC1. The van der Waals surface area contributed by atoms with Crippen molar-refractivity contribution in [1.29, 1.82) is 0 Å². The fourth-order valence-electron chi connectivity index (χ4n) is 4.60. The third-order valence-electron chi connectivity index (χ3n) is 6.13. The van der Waals surface area contributed by atoms with Crippen LogP contribution in [0.2, 0.25) is 0 Å². The molecular weight excluding hydrogens is 382 g/mol. The molecule has 7 nitrogen and oxygen atoms in total. The standard InChI is InChI=1S/C23H33N3O4/c1-16(27)24-19(15-17-9-4-2-5-10-17)23(30)26-14-8-13-20(26)21(28)22(29)25-18-11-6-3-7-12-18/h2,4-5,9-10,18-21,28H,3,6-8,11-15H2,1H3,(H,24,27)(H,25,29)/t19-,20?,21?/m0/s1. The van der Waals surface area contributed by atoms with E-state index in [0.29, 0.717) is 19.4 Å². The van der Waals surface area contributed by atoms with Crippen LogP contribution in [0.4, 0.5) is 0 Å². The Hall–Kier alpha value is -2.41. The molecule has 3 amide bonds. The van der Waals surface area contributed by atoms with Crippen molar-refractivity contribution in [2.45, 2.75) is 82.5 Å². The number of benzene rings is 1. The molecule has 1 aliphatic carbocycles. The molecule has 1 saturated carbocycles. The molecule has 2 fully saturated rings. The van der Waals surface area contributed by atoms with Gasteiger partial charge in [-0.25, -0.2) is 0 Å². The van der Waals surface area contributed by atoms with Gasteiger partial charge in [0.1, 0.15) is 6.04 Å². The molecule has 1 aliphatic heterocycles. The predicted octanol–water partition coefficient (Wildman–Crippen LogP) is 1.53. The highest BCUT2D eigenvalue weighted by atomic mass is 16.3. The van der Waals surface area contributed by atoms with Gasteiger partial charge in [-0.1, -0.05) is 49.6 Å². The van der Waals surface area contributed by atoms with Gasteiger partial charge in [-0.3, -0.25) is 14.4 Å². The minimum Gasteiger partial charge on any atom is -0.381 e. The van der Waals surface area contributed by atoms with Crippen LogP contribution >= 0.6 is 0 Å². The molecule has 3 N–H and O–H groups in total. The largest absolute Gasteiger partial charge is 0.381 e. The summed E-state index contributed by atoms with van der Waals surface area (Å²) in [5.41, 5.74) is 0.941. The van der Waals surface area contributed by atoms with Crippen LogP contribution in [0, 0.1) is 0 Å². The number of aliphatic hydroxyl groups is 1. The summed E-state index contributed by atoms with van der Waals surface area (Å²) in [7, 11) is 0. The third kappa shape index (κ3) is 5.81. The molecule has 3 rings (SSSR count). The number of carbonyl (C=O) groups is 3. The third-order valence-corrected chi connectivity index (χ3v) is 6.13. The first-order valence-electron chi connectivity index (χ1n) is 11.1. The van der Waals surface area contributed by atoms with E-state index in [9.17, 15) is 19.5 Å². The van der Waals surface area contributed by atoms with Crippen LogP contribution < -0.4 is 10.6 Å². The van der Waals surface area contributed by atoms with Crippen molar-refractivity contribution >= 4 is 17.7 Å². The average molecular weight is 416 g/mol. The van der Waals surface area contributed by atoms with E-state index in [1.165, 1.54) is 13.3 Å². The first-order chi connectivity index (χ1) is 14.5. The first kappa shape index (κ1) is 22.3. The Morgan fingerprint density at radius 1 is 1.07 bits per heavy atom. The molecule has 1 saturated heterocycles. The van der Waals surface area contributed by atoms with Gasteiger partial charge in [0.2, 0.25) is 11.8 Å². The number of aliphatic hydroxyl groups excluding tert-OH is 1. The van der Waals surface area contributed by atoms with E-state index in [-0.39, 0.29) is 17.9 Å². The quantitative estimate of drug-likeness (QED) is 0.629. The second-order valence-electron chi connectivity index (χ2n) is 8.47. The molecule has 2 unspecified atom stereocenters. The number of hydrogen-bond donors (Lipinski definition) is 3. The van der Waals surface area contributed by atoms with Crippen LogP contribution in [0.5, 0.6) is 0 Å². The normalized spacial score (nSPS) is 21.7. The van der Waals surface area contributed by atoms with E-state index >= 15 is 0 Å². The van der Waals surface area contributed by atoms with Gasteiger partial charge in [0.25, 0.3) is 5.91 Å². The number of nitrogens with zero attached hydrogens (tertiary/aromatic N) is 1. The molecule has 7 heteroatoms. The smallest absolute Gasteiger partial charge is 0.251 e. The fourth-order valence-corrected chi connectivity index (χ4v) is 4.60. The molecule has 0 aromatic heterocycles. The highest BCUT2D eigenvalue weighted by molar-refractivity contribution is 5.89. The van der Waals surface area contributed by atoms with E-state index in [4.69, 9.17) is 0 Å². The highest BCUT2D eigenvalue weighted by Crippen LogP contribution is 2.23. The Kier molecular flexibility index (Phi) is 7.85. The molecule has 1 aromatic rings. The number of hydrogen-bond acceptors (Lipinski definition) is 4. The maximum absolute atomic E-state index is 13.3. The molecule has 164 valence electrons. The zero-order valence-corrected chi connectivity index (χ0v) is 17.7. The summed E-state index contributed by atoms with van der Waals surface area (Å²) in [6, 6.07) is 8.33. The summed E-state index contributed by atoms with van der Waals surface area (Å²) in [6.45, 7) is 1.86. The number of likely N-dealkylation sites (tertiary alicyclic amines) is 1. The summed E-state index contributed by atoms with van der Waals surface area (Å²) in [6.07, 6.45) is 5.65. The Balaban J connectivity index is 1.67. The van der Waals surface area contributed by atoms with Crippen molar-refractivity contribution in [3.63, 3.8) is 0 Å². The van der Waals surface area contributed by atoms with Crippen LogP contribution in [-0.4, -0.2) is 58.5 Å². The lowest BCUT2D eigenvalue weighted by Gasteiger charge is -2.32. The fraction of sp³-hybridized carbons (Fsp3) is 0.609. The Morgan fingerprint density at radius 3 is 2.43 bits per heavy atom. The molecule has 1 heterocycles. The maximum Gasteiger partial charge on any atom is 0.251 e. The number of nitrogens with one attached hydrogen (secondary N) is 2. The Bertz CT molecular complexity index is 733. The van der Waals surface area contributed by atoms with Gasteiger partial charge in [-0.2, -0.15) is 0 Å². The number of rotatable bonds is 7. The van der Waals surface area contributed by atoms with E-state index < -0.39 is 24.1 Å². The van der Waals surface area contributed by atoms with Crippen LogP contribution in [0.3, 0.4) is 0 Å². The lowest BCUT2D eigenvalue weighted by Crippen LogP contribution is -2.56. The van der Waals surface area contributed by atoms with E-state index in [2.05, 4.69) is 10.6 Å². The first-order valence-corrected chi connectivity index (χ1v) is 11.1. The van der Waals surface area contributed by atoms with Crippen molar-refractivity contribution in [3.8, 4) is 0 Å². The van der Waals surface area contributed by atoms with Crippen molar-refractivity contribution in [3.05, 3.63) is 35.9 Å². The van der Waals surface area contributed by atoms with E-state index in [0.717, 1.165) is 37.7 Å². The summed E-state index contributed by atoms with van der Waals surface area (Å²) in [4.78, 5) is 39.2.